The number of hydrogen-bond donors (Lipinski definition) is 14. The molecule has 0 heterocycles. The maximum absolute atomic E-state index is 13.6. The fourth-order valence-electron chi connectivity index (χ4n) is 6.39. The summed E-state index contributed by atoms with van der Waals surface area (Å²) in [5.74, 6) is -6.87. The van der Waals surface area contributed by atoms with Gasteiger partial charge in [-0.15, -0.1) is 0 Å². The number of hydrogen-bond acceptors (Lipinski definition) is 14. The largest absolute Gasteiger partial charge is 0.508 e. The molecule has 4 rings (SSSR count). The standard InChI is InChI=1S/C46H56N10O12/c47-33(19-29-11-15-31(59)16-12-29)41(63)53-37(25-57)43(65)49-23-39(61)51-35(21-27-7-3-1-4-8-27)45(67)55-56-46(68)36(22-28-9-5-2-6-10-28)52-40(62)24-50-44(66)38(26-58)54-42(64)34(48)20-30-13-17-32(60)18-14-30/h1-18,33-38,57-60H,19-26,47-48H2,(H,49,65)(H,50,66)(H,51,61)(H,52,62)(H,53,63)(H,54,64)(H,55,67)(H,56,68)/t33-,34-,35-,36-,37+,38+/m0/s1. The summed E-state index contributed by atoms with van der Waals surface area (Å²) in [4.78, 5) is 105. The zero-order chi connectivity index (χ0) is 49.6. The van der Waals surface area contributed by atoms with Gasteiger partial charge < -0.3 is 63.8 Å². The molecule has 0 aliphatic rings. The minimum absolute atomic E-state index is 0.0216. The van der Waals surface area contributed by atoms with E-state index in [1.807, 2.05) is 0 Å². The van der Waals surface area contributed by atoms with E-state index < -0.39 is 110 Å². The van der Waals surface area contributed by atoms with Crippen LogP contribution in [0.4, 0.5) is 0 Å². The first-order valence-electron chi connectivity index (χ1n) is 21.3. The predicted molar refractivity (Wildman–Crippen MR) is 244 cm³/mol. The molecule has 0 saturated heterocycles. The molecule has 0 spiro atoms. The van der Waals surface area contributed by atoms with Gasteiger partial charge >= 0.3 is 0 Å². The van der Waals surface area contributed by atoms with Crippen LogP contribution in [-0.4, -0.2) is 130 Å². The Morgan fingerprint density at radius 2 is 0.721 bits per heavy atom. The monoisotopic (exact) mass is 940 g/mol. The van der Waals surface area contributed by atoms with Gasteiger partial charge in [-0.25, -0.2) is 0 Å². The number of hydrazine groups is 1. The molecule has 0 bridgehead atoms. The number of nitrogens with one attached hydrogen (secondary N) is 8. The average Bonchev–Trinajstić information content (AvgIpc) is 3.33. The maximum atomic E-state index is 13.6. The average molecular weight is 941 g/mol. The molecular weight excluding hydrogens is 885 g/mol. The van der Waals surface area contributed by atoms with E-state index in [9.17, 15) is 58.8 Å². The molecule has 0 unspecified atom stereocenters. The van der Waals surface area contributed by atoms with E-state index in [1.165, 1.54) is 24.3 Å². The van der Waals surface area contributed by atoms with E-state index in [1.54, 1.807) is 84.9 Å². The summed E-state index contributed by atoms with van der Waals surface area (Å²) in [6.07, 6.45) is -0.0558. The normalized spacial score (nSPS) is 13.4. The van der Waals surface area contributed by atoms with Gasteiger partial charge in [0.25, 0.3) is 11.8 Å². The van der Waals surface area contributed by atoms with E-state index in [2.05, 4.69) is 42.8 Å². The van der Waals surface area contributed by atoms with Gasteiger partial charge in [0, 0.05) is 12.8 Å². The lowest BCUT2D eigenvalue weighted by Crippen LogP contribution is -2.59. The molecule has 362 valence electrons. The van der Waals surface area contributed by atoms with Gasteiger partial charge in [-0.3, -0.25) is 49.2 Å². The van der Waals surface area contributed by atoms with Crippen molar-refractivity contribution >= 4 is 47.3 Å². The summed E-state index contributed by atoms with van der Waals surface area (Å²) in [6.45, 7) is -3.07. The van der Waals surface area contributed by atoms with Crippen LogP contribution in [0.2, 0.25) is 0 Å². The molecule has 22 nitrogen and oxygen atoms in total. The number of carbonyl (C=O) groups is 8. The summed E-state index contributed by atoms with van der Waals surface area (Å²) in [6, 6.07) is 21.0. The van der Waals surface area contributed by atoms with Crippen LogP contribution in [-0.2, 0) is 64.0 Å². The number of benzene rings is 4. The van der Waals surface area contributed by atoms with E-state index >= 15 is 0 Å². The molecule has 4 aromatic carbocycles. The molecule has 0 aromatic heterocycles. The summed E-state index contributed by atoms with van der Waals surface area (Å²) in [5, 5.41) is 52.8. The van der Waals surface area contributed by atoms with Crippen molar-refractivity contribution in [3.8, 4) is 11.5 Å². The highest BCUT2D eigenvalue weighted by Crippen LogP contribution is 2.12. The molecule has 4 aromatic rings. The number of aliphatic hydroxyl groups excluding tert-OH is 2. The highest BCUT2D eigenvalue weighted by atomic mass is 16.3. The second-order valence-corrected chi connectivity index (χ2v) is 15.5. The van der Waals surface area contributed by atoms with E-state index in [-0.39, 0.29) is 37.2 Å². The third kappa shape index (κ3) is 17.8. The van der Waals surface area contributed by atoms with Gasteiger partial charge in [0.1, 0.15) is 35.7 Å². The van der Waals surface area contributed by atoms with Crippen LogP contribution < -0.4 is 54.2 Å². The zero-order valence-corrected chi connectivity index (χ0v) is 36.7. The minimum atomic E-state index is -1.49. The lowest BCUT2D eigenvalue weighted by atomic mass is 10.0. The third-order valence-electron chi connectivity index (χ3n) is 10.1. The number of aliphatic hydroxyl groups is 2. The van der Waals surface area contributed by atoms with E-state index in [0.29, 0.717) is 22.3 Å². The summed E-state index contributed by atoms with van der Waals surface area (Å²) < 4.78 is 0. The van der Waals surface area contributed by atoms with Gasteiger partial charge in [-0.1, -0.05) is 84.9 Å². The van der Waals surface area contributed by atoms with Crippen molar-refractivity contribution in [1.82, 2.24) is 42.8 Å². The highest BCUT2D eigenvalue weighted by molar-refractivity contribution is 5.96. The number of rotatable bonds is 24. The van der Waals surface area contributed by atoms with Crippen LogP contribution in [0.5, 0.6) is 11.5 Å². The fraction of sp³-hybridized carbons (Fsp3) is 0.304. The van der Waals surface area contributed by atoms with Crippen molar-refractivity contribution in [2.75, 3.05) is 26.3 Å². The molecule has 0 fully saturated rings. The Balaban J connectivity index is 1.33. The molecule has 8 amide bonds. The maximum Gasteiger partial charge on any atom is 0.261 e. The Kier molecular flexibility index (Phi) is 20.8. The van der Waals surface area contributed by atoms with Crippen molar-refractivity contribution in [2.24, 2.45) is 11.5 Å². The number of amides is 8. The zero-order valence-electron chi connectivity index (χ0n) is 36.7. The Morgan fingerprint density at radius 3 is 1.04 bits per heavy atom. The number of phenols is 2. The van der Waals surface area contributed by atoms with Gasteiger partial charge in [-0.2, -0.15) is 0 Å². The topological polar surface area (TPSA) is 366 Å². The Labute approximate surface area is 390 Å². The van der Waals surface area contributed by atoms with Crippen LogP contribution >= 0.6 is 0 Å². The summed E-state index contributed by atoms with van der Waals surface area (Å²) in [7, 11) is 0. The molecular formula is C46H56N10O12. The Hall–Kier alpha value is -7.92. The van der Waals surface area contributed by atoms with Crippen LogP contribution in [0.3, 0.4) is 0 Å². The molecule has 22 heteroatoms. The van der Waals surface area contributed by atoms with E-state index in [4.69, 9.17) is 11.5 Å². The first-order chi connectivity index (χ1) is 32.5. The van der Waals surface area contributed by atoms with Crippen LogP contribution in [0.1, 0.15) is 22.3 Å². The SMILES string of the molecule is N[C@@H](Cc1ccc(O)cc1)C(=O)N[C@H](CO)C(=O)NCC(=O)N[C@@H](Cc1ccccc1)C(=O)NNC(=O)[C@H](Cc1ccccc1)NC(=O)CNC(=O)[C@@H](CO)NC(=O)[C@@H](N)Cc1ccc(O)cc1. The third-order valence-corrected chi connectivity index (χ3v) is 10.1. The molecule has 0 saturated carbocycles. The number of nitrogens with two attached hydrogens (primary N) is 2. The predicted octanol–water partition coefficient (Wildman–Crippen LogP) is -3.67. The molecule has 16 N–H and O–H groups in total. The second kappa shape index (κ2) is 26.9. The summed E-state index contributed by atoms with van der Waals surface area (Å²) >= 11 is 0. The van der Waals surface area contributed by atoms with Crippen molar-refractivity contribution in [2.45, 2.75) is 61.9 Å². The van der Waals surface area contributed by atoms with Crippen LogP contribution in [0.15, 0.2) is 109 Å². The number of carbonyl (C=O) groups excluding carboxylic acids is 8. The first kappa shape index (κ1) is 52.7. The Bertz CT molecular complexity index is 2160. The quantitative estimate of drug-likeness (QED) is 0.0301. The molecule has 0 radical (unpaired) electrons. The van der Waals surface area contributed by atoms with Crippen LogP contribution in [0.25, 0.3) is 0 Å². The number of aromatic hydroxyl groups is 2. The van der Waals surface area contributed by atoms with Crippen molar-refractivity contribution in [3.63, 3.8) is 0 Å². The Morgan fingerprint density at radius 1 is 0.397 bits per heavy atom. The van der Waals surface area contributed by atoms with Crippen molar-refractivity contribution in [3.05, 3.63) is 131 Å². The van der Waals surface area contributed by atoms with Gasteiger partial charge in [-0.05, 0) is 59.4 Å². The summed E-state index contributed by atoms with van der Waals surface area (Å²) in [5.41, 5.74) is 18.9. The van der Waals surface area contributed by atoms with Gasteiger partial charge in [0.15, 0.2) is 0 Å². The van der Waals surface area contributed by atoms with Gasteiger partial charge in [0.05, 0.1) is 38.4 Å². The second-order valence-electron chi connectivity index (χ2n) is 15.5. The number of phenolic OH excluding ortho intramolecular Hbond substituents is 2. The smallest absolute Gasteiger partial charge is 0.261 e. The molecule has 6 atom stereocenters. The molecule has 0 aliphatic heterocycles. The van der Waals surface area contributed by atoms with Gasteiger partial charge in [0.2, 0.25) is 35.4 Å². The molecule has 0 aliphatic carbocycles. The fourth-order valence-corrected chi connectivity index (χ4v) is 6.39. The molecule has 68 heavy (non-hydrogen) atoms. The van der Waals surface area contributed by atoms with E-state index in [0.717, 1.165) is 0 Å². The highest BCUT2D eigenvalue weighted by Gasteiger charge is 2.29. The first-order valence-corrected chi connectivity index (χ1v) is 21.3. The minimum Gasteiger partial charge on any atom is -0.508 e. The van der Waals surface area contributed by atoms with Crippen molar-refractivity contribution < 1.29 is 58.8 Å². The lowest BCUT2D eigenvalue weighted by molar-refractivity contribution is -0.134. The van der Waals surface area contributed by atoms with Crippen molar-refractivity contribution in [1.29, 1.82) is 0 Å². The van der Waals surface area contributed by atoms with Crippen LogP contribution in [0, 0.1) is 0 Å². The lowest BCUT2D eigenvalue weighted by Gasteiger charge is -2.22.